The normalized spacial score (nSPS) is 26.5. The molecule has 0 radical (unpaired) electrons. The summed E-state index contributed by atoms with van der Waals surface area (Å²) in [5, 5.41) is 0. The third-order valence-corrected chi connectivity index (χ3v) is 2.13. The number of nitrogens with zero attached hydrogens (tertiary/aromatic N) is 1. The molecule has 0 bridgehead atoms. The van der Waals surface area contributed by atoms with Gasteiger partial charge in [-0.1, -0.05) is 3.89 Å². The van der Waals surface area contributed by atoms with Gasteiger partial charge in [-0.2, -0.15) is 34.8 Å². The fourth-order valence-corrected chi connectivity index (χ4v) is 1.48. The van der Waals surface area contributed by atoms with Gasteiger partial charge in [0.15, 0.2) is 0 Å². The number of hydrogen-bond acceptors (Lipinski definition) is 3. The summed E-state index contributed by atoms with van der Waals surface area (Å²) in [4.78, 5) is 2.82. The van der Waals surface area contributed by atoms with Crippen LogP contribution in [0.2, 0.25) is 0 Å². The molecule has 1 saturated heterocycles. The summed E-state index contributed by atoms with van der Waals surface area (Å²) >= 11 is 0. The Kier molecular flexibility index (Phi) is 2.27. The van der Waals surface area contributed by atoms with Crippen molar-refractivity contribution in [2.75, 3.05) is 0 Å². The van der Waals surface area contributed by atoms with E-state index >= 15 is 0 Å². The van der Waals surface area contributed by atoms with E-state index in [2.05, 4.69) is 4.84 Å². The second-order valence-corrected chi connectivity index (χ2v) is 3.56. The van der Waals surface area contributed by atoms with Crippen molar-refractivity contribution in [3.05, 3.63) is 0 Å². The molecule has 1 heterocycles. The lowest BCUT2D eigenvalue weighted by Crippen LogP contribution is -2.49. The zero-order valence-corrected chi connectivity index (χ0v) is 7.04. The van der Waals surface area contributed by atoms with Crippen molar-refractivity contribution >= 4 is 10.4 Å². The summed E-state index contributed by atoms with van der Waals surface area (Å²) in [6.45, 7) is 0. The molecule has 90 valence electrons. The van der Waals surface area contributed by atoms with Gasteiger partial charge in [0.05, 0.1) is 0 Å². The van der Waals surface area contributed by atoms with Crippen LogP contribution in [0.1, 0.15) is 0 Å². The highest BCUT2D eigenvalue weighted by atomic mass is 32.3. The molecule has 0 N–H and O–H groups in total. The van der Waals surface area contributed by atoms with Gasteiger partial charge in [0, 0.05) is 4.47 Å². The number of halogens is 7. The molecule has 1 rings (SSSR count). The molecule has 12 heteroatoms. The Hall–Kier alpha value is -0.620. The van der Waals surface area contributed by atoms with Crippen molar-refractivity contribution in [2.24, 2.45) is 0 Å². The number of rotatable bonds is 1. The van der Waals surface area contributed by atoms with E-state index in [0.717, 1.165) is 0 Å². The lowest BCUT2D eigenvalue weighted by atomic mass is 10.2. The minimum atomic E-state index is -6.23. The van der Waals surface area contributed by atoms with Crippen LogP contribution >= 0.6 is 0 Å². The van der Waals surface area contributed by atoms with Crippen molar-refractivity contribution in [1.29, 1.82) is 0 Å². The molecule has 1 aliphatic rings. The summed E-state index contributed by atoms with van der Waals surface area (Å²) in [6, 6.07) is 0. The molecule has 15 heavy (non-hydrogen) atoms. The monoisotopic (exact) mass is 263 g/mol. The second-order valence-electron chi connectivity index (χ2n) is 2.40. The molecule has 0 aromatic rings. The van der Waals surface area contributed by atoms with E-state index in [-0.39, 0.29) is 0 Å². The summed E-state index contributed by atoms with van der Waals surface area (Å²) < 4.78 is 101. The molecule has 0 saturated carbocycles. The van der Waals surface area contributed by atoms with E-state index in [1.54, 1.807) is 0 Å². The SMILES string of the molecule is O=S(=O)(F)N1OC1(C(F)(F)F)C(F)(F)F. The van der Waals surface area contributed by atoms with Crippen molar-refractivity contribution in [2.45, 2.75) is 18.1 Å². The van der Waals surface area contributed by atoms with Crippen LogP contribution in [0.15, 0.2) is 0 Å². The molecular weight excluding hydrogens is 263 g/mol. The molecule has 1 aliphatic heterocycles. The van der Waals surface area contributed by atoms with Crippen LogP contribution in [-0.4, -0.2) is 31.0 Å². The fraction of sp³-hybridized carbons (Fsp3) is 1.00. The first-order chi connectivity index (χ1) is 6.34. The number of hydroxylamine groups is 1. The van der Waals surface area contributed by atoms with Crippen LogP contribution in [0.3, 0.4) is 0 Å². The standard InChI is InChI=1S/C3F7NO3S/c4-2(5,6)1(3(7,8)9)11(14-1)15(10,12)13. The Bertz CT molecular complexity index is 354. The quantitative estimate of drug-likeness (QED) is 0.406. The number of alkyl halides is 6. The zero-order valence-electron chi connectivity index (χ0n) is 6.23. The highest BCUT2D eigenvalue weighted by molar-refractivity contribution is 7.84. The Morgan fingerprint density at radius 3 is 1.40 bits per heavy atom. The van der Waals surface area contributed by atoms with Crippen molar-refractivity contribution in [3.63, 3.8) is 0 Å². The van der Waals surface area contributed by atoms with Gasteiger partial charge in [0.25, 0.3) is 0 Å². The Morgan fingerprint density at radius 2 is 1.33 bits per heavy atom. The zero-order chi connectivity index (χ0) is 12.3. The van der Waals surface area contributed by atoms with Gasteiger partial charge in [-0.05, 0) is 0 Å². The van der Waals surface area contributed by atoms with Crippen LogP contribution in [0.4, 0.5) is 30.2 Å². The van der Waals surface area contributed by atoms with Gasteiger partial charge in [-0.3, -0.25) is 0 Å². The smallest absolute Gasteiger partial charge is 0.234 e. The van der Waals surface area contributed by atoms with E-state index in [1.165, 1.54) is 0 Å². The first-order valence-electron chi connectivity index (χ1n) is 2.91. The first kappa shape index (κ1) is 12.4. The van der Waals surface area contributed by atoms with Gasteiger partial charge >= 0.3 is 28.5 Å². The molecule has 1 atom stereocenters. The van der Waals surface area contributed by atoms with E-state index in [1.807, 2.05) is 0 Å². The van der Waals surface area contributed by atoms with Crippen molar-refractivity contribution in [1.82, 2.24) is 4.47 Å². The van der Waals surface area contributed by atoms with Gasteiger partial charge in [-0.25, -0.2) is 4.84 Å². The van der Waals surface area contributed by atoms with Gasteiger partial charge in [0.2, 0.25) is 0 Å². The minimum Gasteiger partial charge on any atom is -0.234 e. The molecule has 0 aromatic carbocycles. The molecule has 1 fully saturated rings. The molecule has 0 aromatic heterocycles. The van der Waals surface area contributed by atoms with Gasteiger partial charge in [0.1, 0.15) is 0 Å². The lowest BCUT2D eigenvalue weighted by molar-refractivity contribution is -0.295. The summed E-state index contributed by atoms with van der Waals surface area (Å²) in [7, 11) is -6.23. The lowest BCUT2D eigenvalue weighted by Gasteiger charge is -2.17. The molecule has 0 spiro atoms. The largest absolute Gasteiger partial charge is 0.446 e. The third kappa shape index (κ3) is 1.65. The maximum atomic E-state index is 11.9. The highest BCUT2D eigenvalue weighted by Gasteiger charge is 2.91. The Labute approximate surface area is 77.5 Å². The predicted molar refractivity (Wildman–Crippen MR) is 27.8 cm³/mol. The average molecular weight is 263 g/mol. The molecular formula is C3F7NO3S. The van der Waals surface area contributed by atoms with E-state index in [0.29, 0.717) is 0 Å². The minimum absolute atomic E-state index is 1.78. The van der Waals surface area contributed by atoms with Gasteiger partial charge in [-0.15, -0.1) is 0 Å². The van der Waals surface area contributed by atoms with Crippen LogP contribution in [0, 0.1) is 0 Å². The molecule has 4 nitrogen and oxygen atoms in total. The van der Waals surface area contributed by atoms with E-state index in [4.69, 9.17) is 0 Å². The van der Waals surface area contributed by atoms with Crippen LogP contribution in [0.25, 0.3) is 0 Å². The van der Waals surface area contributed by atoms with Crippen molar-refractivity contribution < 1.29 is 43.5 Å². The number of hydrogen-bond donors (Lipinski definition) is 0. The van der Waals surface area contributed by atoms with Crippen LogP contribution in [-0.2, 0) is 15.2 Å². The maximum Gasteiger partial charge on any atom is 0.446 e. The van der Waals surface area contributed by atoms with Crippen LogP contribution in [0.5, 0.6) is 0 Å². The van der Waals surface area contributed by atoms with Crippen LogP contribution < -0.4 is 0 Å². The molecule has 0 aliphatic carbocycles. The predicted octanol–water partition coefficient (Wildman–Crippen LogP) is 1.27. The Balaban J connectivity index is 3.20. The van der Waals surface area contributed by atoms with Gasteiger partial charge < -0.3 is 0 Å². The summed E-state index contributed by atoms with van der Waals surface area (Å²) in [5.41, 5.74) is -5.10. The maximum absolute atomic E-state index is 11.9. The third-order valence-electron chi connectivity index (χ3n) is 1.41. The van der Waals surface area contributed by atoms with E-state index in [9.17, 15) is 38.6 Å². The average Bonchev–Trinajstić information content (AvgIpc) is 2.51. The molecule has 1 unspecified atom stereocenters. The van der Waals surface area contributed by atoms with Crippen molar-refractivity contribution in [3.8, 4) is 0 Å². The summed E-state index contributed by atoms with van der Waals surface area (Å²) in [5.74, 6) is 0. The summed E-state index contributed by atoms with van der Waals surface area (Å²) in [6.07, 6.45) is -12.2. The Morgan fingerprint density at radius 1 is 1.00 bits per heavy atom. The second kappa shape index (κ2) is 2.74. The first-order valence-corrected chi connectivity index (χ1v) is 4.25. The topological polar surface area (TPSA) is 49.7 Å². The van der Waals surface area contributed by atoms with E-state index < -0.39 is 33.0 Å². The molecule has 0 amide bonds. The highest BCUT2D eigenvalue weighted by Crippen LogP contribution is 2.59. The fourth-order valence-electron chi connectivity index (χ4n) is 0.769.